The van der Waals surface area contributed by atoms with Crippen LogP contribution in [0.2, 0.25) is 0 Å². The second kappa shape index (κ2) is 2.70. The third-order valence-corrected chi connectivity index (χ3v) is 2.89. The smallest absolute Gasteiger partial charge is 0.123 e. The fraction of sp³-hybridized carbons (Fsp3) is 0.700. The second-order valence-electron chi connectivity index (χ2n) is 3.47. The number of aldehydes is 1. The number of hydrogen-bond donors (Lipinski definition) is 0. The van der Waals surface area contributed by atoms with Crippen molar-refractivity contribution in [2.45, 2.75) is 25.7 Å². The molecule has 0 bridgehead atoms. The maximum Gasteiger partial charge on any atom is 0.123 e. The summed E-state index contributed by atoms with van der Waals surface area (Å²) in [7, 11) is 0. The molecular weight excluding hydrogens is 136 g/mol. The fourth-order valence-corrected chi connectivity index (χ4v) is 2.14. The average molecular weight is 148 g/mol. The molecule has 2 aliphatic rings. The zero-order valence-corrected chi connectivity index (χ0v) is 6.55. The Morgan fingerprint density at radius 2 is 1.64 bits per heavy atom. The highest BCUT2D eigenvalue weighted by Crippen LogP contribution is 2.50. The van der Waals surface area contributed by atoms with Crippen LogP contribution in [-0.2, 0) is 4.79 Å². The van der Waals surface area contributed by atoms with Crippen LogP contribution < -0.4 is 0 Å². The summed E-state index contributed by atoms with van der Waals surface area (Å²) in [6.07, 6.45) is 5.46. The molecule has 1 heteroatoms. The van der Waals surface area contributed by atoms with Gasteiger partial charge in [-0.15, -0.1) is 11.8 Å². The van der Waals surface area contributed by atoms with Crippen molar-refractivity contribution in [2.75, 3.05) is 0 Å². The van der Waals surface area contributed by atoms with Crippen molar-refractivity contribution in [3.63, 3.8) is 0 Å². The standard InChI is InChI=1S/C10H12O/c11-7-10-8-5-3-1-2-4-6-9(8)10/h7-10H,3-6H2/t8-,9-/m0/s1. The minimum Gasteiger partial charge on any atom is -0.303 e. The van der Waals surface area contributed by atoms with Gasteiger partial charge in [0.1, 0.15) is 6.29 Å². The largest absolute Gasteiger partial charge is 0.303 e. The van der Waals surface area contributed by atoms with Crippen LogP contribution in [0, 0.1) is 29.6 Å². The molecule has 0 aromatic heterocycles. The summed E-state index contributed by atoms with van der Waals surface area (Å²) in [5.74, 6) is 8.02. The monoisotopic (exact) mass is 148 g/mol. The van der Waals surface area contributed by atoms with E-state index in [1.807, 2.05) is 0 Å². The van der Waals surface area contributed by atoms with Gasteiger partial charge in [0, 0.05) is 18.8 Å². The summed E-state index contributed by atoms with van der Waals surface area (Å²) >= 11 is 0. The van der Waals surface area contributed by atoms with Gasteiger partial charge in [-0.25, -0.2) is 0 Å². The minimum atomic E-state index is 0.386. The van der Waals surface area contributed by atoms with E-state index in [9.17, 15) is 4.79 Å². The number of hydrogen-bond acceptors (Lipinski definition) is 1. The van der Waals surface area contributed by atoms with Gasteiger partial charge in [-0.2, -0.15) is 0 Å². The van der Waals surface area contributed by atoms with Crippen molar-refractivity contribution < 1.29 is 4.79 Å². The first kappa shape index (κ1) is 6.91. The van der Waals surface area contributed by atoms with Crippen LogP contribution in [0.5, 0.6) is 0 Å². The highest BCUT2D eigenvalue weighted by atomic mass is 16.1. The van der Waals surface area contributed by atoms with Crippen LogP contribution >= 0.6 is 0 Å². The van der Waals surface area contributed by atoms with E-state index in [4.69, 9.17) is 0 Å². The van der Waals surface area contributed by atoms with E-state index >= 15 is 0 Å². The Bertz CT molecular complexity index is 203. The number of carbonyl (C=O) groups is 1. The van der Waals surface area contributed by atoms with E-state index in [0.717, 1.165) is 32.0 Å². The van der Waals surface area contributed by atoms with Gasteiger partial charge in [0.15, 0.2) is 0 Å². The minimum absolute atomic E-state index is 0.386. The van der Waals surface area contributed by atoms with Gasteiger partial charge < -0.3 is 4.79 Å². The van der Waals surface area contributed by atoms with Crippen molar-refractivity contribution in [1.29, 1.82) is 0 Å². The molecule has 0 aliphatic heterocycles. The molecule has 58 valence electrons. The second-order valence-corrected chi connectivity index (χ2v) is 3.47. The maximum atomic E-state index is 10.5. The highest BCUT2D eigenvalue weighted by Gasteiger charge is 2.48. The van der Waals surface area contributed by atoms with Crippen LogP contribution in [0.1, 0.15) is 25.7 Å². The summed E-state index contributed by atoms with van der Waals surface area (Å²) in [4.78, 5) is 10.5. The normalized spacial score (nSPS) is 40.5. The van der Waals surface area contributed by atoms with Crippen molar-refractivity contribution in [2.24, 2.45) is 17.8 Å². The molecular formula is C10H12O. The van der Waals surface area contributed by atoms with Gasteiger partial charge in [-0.3, -0.25) is 0 Å². The predicted molar refractivity (Wildman–Crippen MR) is 42.8 cm³/mol. The lowest BCUT2D eigenvalue weighted by molar-refractivity contribution is -0.109. The van der Waals surface area contributed by atoms with Gasteiger partial charge in [0.2, 0.25) is 0 Å². The first-order chi connectivity index (χ1) is 5.43. The molecule has 2 aliphatic carbocycles. The predicted octanol–water partition coefficient (Wildman–Crippen LogP) is 1.62. The van der Waals surface area contributed by atoms with Crippen LogP contribution in [0.25, 0.3) is 0 Å². The van der Waals surface area contributed by atoms with E-state index in [0.29, 0.717) is 17.8 Å². The highest BCUT2D eigenvalue weighted by molar-refractivity contribution is 5.59. The Morgan fingerprint density at radius 1 is 1.09 bits per heavy atom. The molecule has 11 heavy (non-hydrogen) atoms. The average Bonchev–Trinajstić information content (AvgIpc) is 2.60. The number of carbonyl (C=O) groups excluding carboxylic acids is 1. The zero-order chi connectivity index (χ0) is 7.68. The van der Waals surface area contributed by atoms with E-state index in [1.165, 1.54) is 0 Å². The third kappa shape index (κ3) is 1.18. The topological polar surface area (TPSA) is 17.1 Å². The van der Waals surface area contributed by atoms with Crippen LogP contribution in [0.15, 0.2) is 0 Å². The molecule has 0 amide bonds. The maximum absolute atomic E-state index is 10.5. The van der Waals surface area contributed by atoms with Crippen molar-refractivity contribution in [1.82, 2.24) is 0 Å². The molecule has 0 aromatic carbocycles. The molecule has 0 N–H and O–H groups in total. The van der Waals surface area contributed by atoms with Crippen LogP contribution in [0.3, 0.4) is 0 Å². The molecule has 2 rings (SSSR count). The summed E-state index contributed by atoms with van der Waals surface area (Å²) in [6.45, 7) is 0. The number of fused-ring (bicyclic) bond motifs is 1. The van der Waals surface area contributed by atoms with Crippen molar-refractivity contribution in [3.05, 3.63) is 0 Å². The Kier molecular flexibility index (Phi) is 1.69. The first-order valence-electron chi connectivity index (χ1n) is 4.34. The Balaban J connectivity index is 1.98. The number of rotatable bonds is 1. The molecule has 0 spiro atoms. The van der Waals surface area contributed by atoms with Crippen LogP contribution in [0.4, 0.5) is 0 Å². The van der Waals surface area contributed by atoms with Crippen molar-refractivity contribution >= 4 is 6.29 Å². The van der Waals surface area contributed by atoms with Crippen molar-refractivity contribution in [3.8, 4) is 11.8 Å². The van der Waals surface area contributed by atoms with E-state index in [1.54, 1.807) is 0 Å². The van der Waals surface area contributed by atoms with E-state index < -0.39 is 0 Å². The molecule has 0 radical (unpaired) electrons. The molecule has 0 aromatic rings. The molecule has 2 atom stereocenters. The van der Waals surface area contributed by atoms with Gasteiger partial charge in [-0.05, 0) is 24.7 Å². The third-order valence-electron chi connectivity index (χ3n) is 2.89. The van der Waals surface area contributed by atoms with Gasteiger partial charge in [-0.1, -0.05) is 0 Å². The Labute approximate surface area is 67.2 Å². The zero-order valence-electron chi connectivity index (χ0n) is 6.55. The fourth-order valence-electron chi connectivity index (χ4n) is 2.14. The molecule has 1 fully saturated rings. The van der Waals surface area contributed by atoms with Gasteiger partial charge >= 0.3 is 0 Å². The lowest BCUT2D eigenvalue weighted by Gasteiger charge is -1.96. The first-order valence-corrected chi connectivity index (χ1v) is 4.34. The lowest BCUT2D eigenvalue weighted by Crippen LogP contribution is -1.85. The van der Waals surface area contributed by atoms with E-state index in [2.05, 4.69) is 11.8 Å². The van der Waals surface area contributed by atoms with Crippen LogP contribution in [-0.4, -0.2) is 6.29 Å². The summed E-state index contributed by atoms with van der Waals surface area (Å²) in [5.41, 5.74) is 0. The molecule has 0 heterocycles. The molecule has 1 saturated carbocycles. The Morgan fingerprint density at radius 3 is 2.09 bits per heavy atom. The Hall–Kier alpha value is -0.770. The SMILES string of the molecule is O=CC1[C@H]2CCC#CCC[C@H]12. The van der Waals surface area contributed by atoms with Gasteiger partial charge in [0.05, 0.1) is 0 Å². The molecule has 0 saturated heterocycles. The molecule has 1 nitrogen and oxygen atoms in total. The quantitative estimate of drug-likeness (QED) is 0.408. The van der Waals surface area contributed by atoms with E-state index in [-0.39, 0.29) is 0 Å². The van der Waals surface area contributed by atoms with Gasteiger partial charge in [0.25, 0.3) is 0 Å². The summed E-state index contributed by atoms with van der Waals surface area (Å²) < 4.78 is 0. The lowest BCUT2D eigenvalue weighted by atomic mass is 10.1. The molecule has 0 unspecified atom stereocenters. The summed E-state index contributed by atoms with van der Waals surface area (Å²) in [5, 5.41) is 0. The summed E-state index contributed by atoms with van der Waals surface area (Å²) in [6, 6.07) is 0.